The number of rotatable bonds is 9. The summed E-state index contributed by atoms with van der Waals surface area (Å²) in [6, 6.07) is 9.53. The van der Waals surface area contributed by atoms with Gasteiger partial charge in [0, 0.05) is 37.5 Å². The third-order valence-electron chi connectivity index (χ3n) is 7.98. The summed E-state index contributed by atoms with van der Waals surface area (Å²) in [7, 11) is -3.67. The molecule has 2 aliphatic rings. The Morgan fingerprint density at radius 1 is 1.09 bits per heavy atom. The fraction of sp³-hybridized carbons (Fsp3) is 0.484. The van der Waals surface area contributed by atoms with Crippen LogP contribution in [-0.4, -0.2) is 77.3 Å². The molecule has 0 atom stereocenters. The maximum Gasteiger partial charge on any atom is 0.393 e. The molecular formula is C31H34F5N3O4S2. The van der Waals surface area contributed by atoms with Crippen LogP contribution in [-0.2, 0) is 21.0 Å². The van der Waals surface area contributed by atoms with Crippen LogP contribution in [0.25, 0.3) is 10.1 Å². The van der Waals surface area contributed by atoms with Crippen molar-refractivity contribution in [3.8, 4) is 17.6 Å². The lowest BCUT2D eigenvalue weighted by molar-refractivity contribution is -0.127. The van der Waals surface area contributed by atoms with E-state index in [1.165, 1.54) is 23.5 Å². The van der Waals surface area contributed by atoms with E-state index >= 15 is 0 Å². The van der Waals surface area contributed by atoms with Crippen molar-refractivity contribution in [1.82, 2.24) is 4.90 Å². The number of nitrogens with zero attached hydrogens (tertiary/aromatic N) is 1. The molecule has 2 aromatic carbocycles. The molecule has 1 aliphatic heterocycles. The van der Waals surface area contributed by atoms with E-state index in [0.29, 0.717) is 16.1 Å². The summed E-state index contributed by atoms with van der Waals surface area (Å²) in [4.78, 5) is 2.55. The van der Waals surface area contributed by atoms with Crippen LogP contribution in [0.2, 0.25) is 0 Å². The molecule has 3 aromatic rings. The Kier molecular flexibility index (Phi) is 10.4. The molecule has 2 N–H and O–H groups in total. The van der Waals surface area contributed by atoms with Gasteiger partial charge in [-0.25, -0.2) is 8.42 Å². The zero-order valence-electron chi connectivity index (χ0n) is 24.6. The second kappa shape index (κ2) is 14.1. The van der Waals surface area contributed by atoms with Crippen LogP contribution in [0.15, 0.2) is 41.3 Å². The molecule has 0 radical (unpaired) electrons. The van der Waals surface area contributed by atoms with Gasteiger partial charge in [0.25, 0.3) is 0 Å². The first-order chi connectivity index (χ1) is 21.4. The monoisotopic (exact) mass is 671 g/mol. The average molecular weight is 672 g/mol. The van der Waals surface area contributed by atoms with Gasteiger partial charge in [0.2, 0.25) is 0 Å². The minimum Gasteiger partial charge on any atom is -0.433 e. The fourth-order valence-corrected chi connectivity index (χ4v) is 7.65. The highest BCUT2D eigenvalue weighted by Crippen LogP contribution is 2.40. The van der Waals surface area contributed by atoms with E-state index in [4.69, 9.17) is 4.74 Å². The number of hydrogen-bond acceptors (Lipinski definition) is 8. The fourth-order valence-electron chi connectivity index (χ4n) is 5.85. The molecule has 45 heavy (non-hydrogen) atoms. The average Bonchev–Trinajstić information content (AvgIpc) is 3.32. The normalized spacial score (nSPS) is 19.7. The van der Waals surface area contributed by atoms with E-state index in [2.05, 4.69) is 32.1 Å². The number of halogens is 5. The predicted molar refractivity (Wildman–Crippen MR) is 165 cm³/mol. The topological polar surface area (TPSA) is 79.9 Å². The summed E-state index contributed by atoms with van der Waals surface area (Å²) in [5, 5.41) is 6.87. The number of thiophene rings is 1. The third kappa shape index (κ3) is 8.78. The molecule has 1 aromatic heterocycles. The highest BCUT2D eigenvalue weighted by atomic mass is 32.2. The number of anilines is 2. The molecule has 2 heterocycles. The smallest absolute Gasteiger partial charge is 0.393 e. The summed E-state index contributed by atoms with van der Waals surface area (Å²) in [6.45, 7) is 0.0869. The van der Waals surface area contributed by atoms with Crippen LogP contribution in [0.4, 0.5) is 33.3 Å². The maximum absolute atomic E-state index is 13.7. The first-order valence-corrected chi connectivity index (χ1v) is 17.3. The molecule has 0 bridgehead atoms. The van der Waals surface area contributed by atoms with Gasteiger partial charge in [0.05, 0.1) is 52.0 Å². The number of sulfone groups is 1. The molecule has 0 unspecified atom stereocenters. The molecule has 14 heteroatoms. The van der Waals surface area contributed by atoms with Gasteiger partial charge in [-0.2, -0.15) is 22.0 Å². The molecule has 5 rings (SSSR count). The van der Waals surface area contributed by atoms with Crippen molar-refractivity contribution in [1.29, 1.82) is 0 Å². The third-order valence-corrected chi connectivity index (χ3v) is 10.3. The lowest BCUT2D eigenvalue weighted by Gasteiger charge is -2.39. The first-order valence-electron chi connectivity index (χ1n) is 14.6. The molecule has 1 saturated carbocycles. The van der Waals surface area contributed by atoms with E-state index in [1.54, 1.807) is 12.1 Å². The second-order valence-corrected chi connectivity index (χ2v) is 14.2. The van der Waals surface area contributed by atoms with Gasteiger partial charge >= 0.3 is 12.8 Å². The summed E-state index contributed by atoms with van der Waals surface area (Å²) in [5.74, 6) is 5.24. The lowest BCUT2D eigenvalue weighted by atomic mass is 9.89. The Bertz CT molecular complexity index is 1650. The van der Waals surface area contributed by atoms with Crippen molar-refractivity contribution in [2.75, 3.05) is 49.7 Å². The van der Waals surface area contributed by atoms with Crippen molar-refractivity contribution < 1.29 is 39.8 Å². The number of benzene rings is 2. The number of hydrogen-bond donors (Lipinski definition) is 2. The molecule has 1 aliphatic carbocycles. The van der Waals surface area contributed by atoms with Gasteiger partial charge in [-0.15, -0.1) is 11.3 Å². The zero-order chi connectivity index (χ0) is 32.2. The minimum absolute atomic E-state index is 0.0682. The van der Waals surface area contributed by atoms with Crippen molar-refractivity contribution in [2.45, 2.75) is 61.9 Å². The standard InChI is InChI=1S/C31H34F5N3O4S2/c1-45(40,41)22-11-12-25(27(18-22)43-30(32)33)37-13-3-6-28-24(19-31(34,35)36)23-4-2-5-26(29(23)44-28)38-20-7-9-21(10-8-20)39-14-16-42-17-15-39/h2,4-5,11-12,18,20-21,30,37-38H,7-10,13-17,19H2,1H3. The van der Waals surface area contributed by atoms with Gasteiger partial charge in [0.15, 0.2) is 15.6 Å². The van der Waals surface area contributed by atoms with Crippen LogP contribution in [0, 0.1) is 11.8 Å². The summed E-state index contributed by atoms with van der Waals surface area (Å²) < 4.78 is 101. The number of nitrogens with one attached hydrogen (secondary N) is 2. The van der Waals surface area contributed by atoms with Crippen molar-refractivity contribution >= 4 is 42.6 Å². The van der Waals surface area contributed by atoms with Crippen LogP contribution in [0.3, 0.4) is 0 Å². The summed E-state index contributed by atoms with van der Waals surface area (Å²) >= 11 is 1.19. The van der Waals surface area contributed by atoms with Crippen LogP contribution in [0.5, 0.6) is 5.75 Å². The Hall–Kier alpha value is -3.12. The van der Waals surface area contributed by atoms with Gasteiger partial charge in [-0.05, 0) is 54.8 Å². The van der Waals surface area contributed by atoms with Gasteiger partial charge in [0.1, 0.15) is 0 Å². The largest absolute Gasteiger partial charge is 0.433 e. The Balaban J connectivity index is 1.34. The number of ether oxygens (including phenoxy) is 2. The molecule has 1 saturated heterocycles. The van der Waals surface area contributed by atoms with E-state index in [9.17, 15) is 30.4 Å². The van der Waals surface area contributed by atoms with Gasteiger partial charge in [-0.3, -0.25) is 4.90 Å². The predicted octanol–water partition coefficient (Wildman–Crippen LogP) is 6.53. The lowest BCUT2D eigenvalue weighted by Crippen LogP contribution is -2.46. The van der Waals surface area contributed by atoms with E-state index < -0.39 is 29.0 Å². The van der Waals surface area contributed by atoms with E-state index in [0.717, 1.165) is 70.0 Å². The van der Waals surface area contributed by atoms with Crippen molar-refractivity contribution in [3.63, 3.8) is 0 Å². The first kappa shape index (κ1) is 33.2. The van der Waals surface area contributed by atoms with Gasteiger partial charge < -0.3 is 20.1 Å². The van der Waals surface area contributed by atoms with Crippen LogP contribution < -0.4 is 15.4 Å². The molecule has 7 nitrogen and oxygen atoms in total. The Morgan fingerprint density at radius 3 is 2.49 bits per heavy atom. The van der Waals surface area contributed by atoms with Gasteiger partial charge in [-0.1, -0.05) is 24.0 Å². The molecular weight excluding hydrogens is 637 g/mol. The number of alkyl halides is 5. The van der Waals surface area contributed by atoms with Crippen molar-refractivity contribution in [2.24, 2.45) is 0 Å². The van der Waals surface area contributed by atoms with E-state index in [1.807, 2.05) is 6.07 Å². The summed E-state index contributed by atoms with van der Waals surface area (Å²) in [5.41, 5.74) is 0.939. The molecule has 0 spiro atoms. The van der Waals surface area contributed by atoms with Crippen molar-refractivity contribution in [3.05, 3.63) is 46.8 Å². The SMILES string of the molecule is CS(=O)(=O)c1ccc(NCC#Cc2sc3c(NC4CCC(N5CCOCC5)CC4)cccc3c2CC(F)(F)F)c(OC(F)F)c1. The molecule has 2 fully saturated rings. The van der Waals surface area contributed by atoms with Crippen LogP contribution >= 0.6 is 11.3 Å². The van der Waals surface area contributed by atoms with Crippen LogP contribution in [0.1, 0.15) is 36.1 Å². The quantitative estimate of drug-likeness (QED) is 0.198. The highest BCUT2D eigenvalue weighted by Gasteiger charge is 2.32. The molecule has 244 valence electrons. The molecule has 0 amide bonds. The number of morpholine rings is 1. The minimum atomic E-state index is -4.45. The van der Waals surface area contributed by atoms with E-state index in [-0.39, 0.29) is 39.4 Å². The second-order valence-electron chi connectivity index (χ2n) is 11.1. The summed E-state index contributed by atoms with van der Waals surface area (Å²) in [6.07, 6.45) is -0.649. The maximum atomic E-state index is 13.7. The Morgan fingerprint density at radius 2 is 1.82 bits per heavy atom. The zero-order valence-corrected chi connectivity index (χ0v) is 26.2. The highest BCUT2D eigenvalue weighted by molar-refractivity contribution is 7.90. The Labute approximate surface area is 263 Å². The number of fused-ring (bicyclic) bond motifs is 1.